The average molecular weight is 214 g/mol. The Morgan fingerprint density at radius 3 is 2.47 bits per heavy atom. The zero-order chi connectivity index (χ0) is 11.3. The summed E-state index contributed by atoms with van der Waals surface area (Å²) in [6, 6.07) is 0.708. The first-order valence-corrected chi connectivity index (χ1v) is 5.59. The van der Waals surface area contributed by atoms with Gasteiger partial charge < -0.3 is 14.5 Å². The third-order valence-corrected chi connectivity index (χ3v) is 3.15. The molecule has 0 amide bonds. The molecule has 15 heavy (non-hydrogen) atoms. The highest BCUT2D eigenvalue weighted by Crippen LogP contribution is 2.14. The number of esters is 1. The predicted molar refractivity (Wildman–Crippen MR) is 59.8 cm³/mol. The summed E-state index contributed by atoms with van der Waals surface area (Å²) < 4.78 is 4.63. The molecular formula is C11H22N2O2. The van der Waals surface area contributed by atoms with E-state index in [4.69, 9.17) is 0 Å². The van der Waals surface area contributed by atoms with Crippen LogP contribution in [0.25, 0.3) is 0 Å². The Kier molecular flexibility index (Phi) is 5.05. The van der Waals surface area contributed by atoms with Crippen molar-refractivity contribution in [2.45, 2.75) is 25.3 Å². The third-order valence-electron chi connectivity index (χ3n) is 3.15. The molecule has 1 aliphatic heterocycles. The monoisotopic (exact) mass is 214 g/mol. The highest BCUT2D eigenvalue weighted by atomic mass is 16.5. The predicted octanol–water partition coefficient (Wildman–Crippen LogP) is 0.575. The van der Waals surface area contributed by atoms with Crippen LogP contribution in [-0.4, -0.2) is 62.7 Å². The fraction of sp³-hybridized carbons (Fsp3) is 0.909. The van der Waals surface area contributed by atoms with Gasteiger partial charge in [0.15, 0.2) is 0 Å². The van der Waals surface area contributed by atoms with Crippen molar-refractivity contribution >= 4 is 5.97 Å². The van der Waals surface area contributed by atoms with Gasteiger partial charge in [-0.25, -0.2) is 0 Å². The number of hydrogen-bond acceptors (Lipinski definition) is 4. The lowest BCUT2D eigenvalue weighted by molar-refractivity contribution is -0.141. The van der Waals surface area contributed by atoms with Gasteiger partial charge in [0, 0.05) is 12.6 Å². The lowest BCUT2D eigenvalue weighted by Gasteiger charge is -2.34. The van der Waals surface area contributed by atoms with E-state index in [1.54, 1.807) is 0 Å². The maximum Gasteiger partial charge on any atom is 0.306 e. The van der Waals surface area contributed by atoms with Crippen LogP contribution in [0.1, 0.15) is 19.3 Å². The van der Waals surface area contributed by atoms with E-state index in [9.17, 15) is 4.79 Å². The first kappa shape index (κ1) is 12.5. The van der Waals surface area contributed by atoms with Crippen molar-refractivity contribution in [3.63, 3.8) is 0 Å². The second-order valence-corrected chi connectivity index (χ2v) is 4.36. The van der Waals surface area contributed by atoms with Gasteiger partial charge in [0.25, 0.3) is 0 Å². The third kappa shape index (κ3) is 4.18. The molecule has 0 spiro atoms. The van der Waals surface area contributed by atoms with Gasteiger partial charge in [-0.2, -0.15) is 0 Å². The smallest absolute Gasteiger partial charge is 0.306 e. The number of carbonyl (C=O) groups is 1. The summed E-state index contributed by atoms with van der Waals surface area (Å²) in [5.74, 6) is -0.107. The summed E-state index contributed by atoms with van der Waals surface area (Å²) in [4.78, 5) is 15.6. The topological polar surface area (TPSA) is 32.8 Å². The van der Waals surface area contributed by atoms with Gasteiger partial charge in [0.05, 0.1) is 13.5 Å². The first-order valence-electron chi connectivity index (χ1n) is 5.59. The van der Waals surface area contributed by atoms with Gasteiger partial charge in [0.1, 0.15) is 0 Å². The van der Waals surface area contributed by atoms with Crippen LogP contribution in [0.2, 0.25) is 0 Å². The van der Waals surface area contributed by atoms with Gasteiger partial charge in [-0.1, -0.05) is 0 Å². The Bertz CT molecular complexity index is 199. The molecule has 1 fully saturated rings. The maximum absolute atomic E-state index is 11.0. The molecule has 88 valence electrons. The van der Waals surface area contributed by atoms with Crippen LogP contribution in [0, 0.1) is 0 Å². The zero-order valence-electron chi connectivity index (χ0n) is 10.0. The number of piperidine rings is 1. The Morgan fingerprint density at radius 2 is 2.00 bits per heavy atom. The molecule has 0 atom stereocenters. The average Bonchev–Trinajstić information content (AvgIpc) is 2.26. The van der Waals surface area contributed by atoms with Crippen molar-refractivity contribution in [3.8, 4) is 0 Å². The van der Waals surface area contributed by atoms with Crippen molar-refractivity contribution in [1.29, 1.82) is 0 Å². The number of ether oxygens (including phenoxy) is 1. The van der Waals surface area contributed by atoms with Crippen molar-refractivity contribution < 1.29 is 9.53 Å². The van der Waals surface area contributed by atoms with Crippen LogP contribution in [0.3, 0.4) is 0 Å². The highest BCUT2D eigenvalue weighted by molar-refractivity contribution is 5.69. The quantitative estimate of drug-likeness (QED) is 0.641. The molecule has 1 saturated heterocycles. The maximum atomic E-state index is 11.0. The minimum absolute atomic E-state index is 0.107. The van der Waals surface area contributed by atoms with Gasteiger partial charge in [-0.05, 0) is 40.0 Å². The molecule has 0 aromatic carbocycles. The minimum Gasteiger partial charge on any atom is -0.469 e. The number of rotatable bonds is 4. The molecule has 0 unspecified atom stereocenters. The lowest BCUT2D eigenvalue weighted by Crippen LogP contribution is -2.42. The normalized spacial score (nSPS) is 19.5. The highest BCUT2D eigenvalue weighted by Gasteiger charge is 2.20. The molecule has 0 saturated carbocycles. The molecule has 0 aromatic heterocycles. The number of hydrogen-bond donors (Lipinski definition) is 0. The lowest BCUT2D eigenvalue weighted by atomic mass is 10.0. The van der Waals surface area contributed by atoms with Crippen LogP contribution < -0.4 is 0 Å². The van der Waals surface area contributed by atoms with E-state index < -0.39 is 0 Å². The summed E-state index contributed by atoms with van der Waals surface area (Å²) in [5.41, 5.74) is 0. The fourth-order valence-electron chi connectivity index (χ4n) is 2.01. The van der Waals surface area contributed by atoms with Crippen LogP contribution >= 0.6 is 0 Å². The summed E-state index contributed by atoms with van der Waals surface area (Å²) >= 11 is 0. The molecule has 0 aliphatic carbocycles. The number of likely N-dealkylation sites (tertiary alicyclic amines) is 1. The Hall–Kier alpha value is -0.610. The Balaban J connectivity index is 2.17. The number of carbonyl (C=O) groups excluding carboxylic acids is 1. The van der Waals surface area contributed by atoms with Gasteiger partial charge in [-0.3, -0.25) is 4.79 Å². The Labute approximate surface area is 92.2 Å². The summed E-state index contributed by atoms with van der Waals surface area (Å²) in [6.07, 6.45) is 2.92. The largest absolute Gasteiger partial charge is 0.469 e. The molecular weight excluding hydrogens is 192 g/mol. The molecule has 0 N–H and O–H groups in total. The van der Waals surface area contributed by atoms with E-state index in [1.807, 2.05) is 0 Å². The number of methoxy groups -OCH3 is 1. The van der Waals surface area contributed by atoms with Crippen molar-refractivity contribution in [1.82, 2.24) is 9.80 Å². The fourth-order valence-corrected chi connectivity index (χ4v) is 2.01. The first-order chi connectivity index (χ1) is 7.13. The second kappa shape index (κ2) is 6.08. The number of nitrogens with zero attached hydrogens (tertiary/aromatic N) is 2. The molecule has 0 radical (unpaired) electrons. The van der Waals surface area contributed by atoms with E-state index in [0.29, 0.717) is 12.5 Å². The van der Waals surface area contributed by atoms with Gasteiger partial charge >= 0.3 is 5.97 Å². The van der Waals surface area contributed by atoms with Gasteiger partial charge in [0.2, 0.25) is 0 Å². The summed E-state index contributed by atoms with van der Waals surface area (Å²) in [5, 5.41) is 0. The molecule has 4 heteroatoms. The van der Waals surface area contributed by atoms with E-state index in [-0.39, 0.29) is 5.97 Å². The van der Waals surface area contributed by atoms with Crippen LogP contribution in [0.4, 0.5) is 0 Å². The van der Waals surface area contributed by atoms with Crippen molar-refractivity contribution in [2.75, 3.05) is 40.8 Å². The molecule has 1 aliphatic rings. The summed E-state index contributed by atoms with van der Waals surface area (Å²) in [7, 11) is 5.71. The van der Waals surface area contributed by atoms with Crippen LogP contribution in [0.15, 0.2) is 0 Å². The molecule has 1 rings (SSSR count). The minimum atomic E-state index is -0.107. The van der Waals surface area contributed by atoms with E-state index in [0.717, 1.165) is 19.6 Å². The van der Waals surface area contributed by atoms with Crippen molar-refractivity contribution in [2.24, 2.45) is 0 Å². The van der Waals surface area contributed by atoms with E-state index >= 15 is 0 Å². The SMILES string of the molecule is COC(=O)CCN1CCC(N(C)C)CC1. The van der Waals surface area contributed by atoms with E-state index in [2.05, 4.69) is 28.6 Å². The molecule has 4 nitrogen and oxygen atoms in total. The molecule has 0 aromatic rings. The van der Waals surface area contributed by atoms with Gasteiger partial charge in [-0.15, -0.1) is 0 Å². The van der Waals surface area contributed by atoms with Crippen LogP contribution in [0.5, 0.6) is 0 Å². The van der Waals surface area contributed by atoms with E-state index in [1.165, 1.54) is 20.0 Å². The molecule has 0 bridgehead atoms. The standard InChI is InChI=1S/C11H22N2O2/c1-12(2)10-4-7-13(8-5-10)9-6-11(14)15-3/h10H,4-9H2,1-3H3. The second-order valence-electron chi connectivity index (χ2n) is 4.36. The Morgan fingerprint density at radius 1 is 1.40 bits per heavy atom. The zero-order valence-corrected chi connectivity index (χ0v) is 10.0. The van der Waals surface area contributed by atoms with Crippen molar-refractivity contribution in [3.05, 3.63) is 0 Å². The summed E-state index contributed by atoms with van der Waals surface area (Å²) in [6.45, 7) is 3.03. The van der Waals surface area contributed by atoms with Crippen LogP contribution in [-0.2, 0) is 9.53 Å². The molecule has 1 heterocycles.